The molecule has 2 aliphatic heterocycles. The maximum Gasteiger partial charge on any atom is 0.240 e. The Bertz CT molecular complexity index is 296. The summed E-state index contributed by atoms with van der Waals surface area (Å²) >= 11 is 0. The maximum atomic E-state index is 12.6. The molecular formula is C14H26N2O2. The standard InChI is InChI=1S/C14H26N2O2/c1-14(2)7-4-8-15-12(14)13(17)16-9-5-11(18-3)6-10-16/h11-12,15H,4-10H2,1-3H3. The van der Waals surface area contributed by atoms with E-state index in [1.807, 2.05) is 4.90 Å². The number of nitrogens with one attached hydrogen (secondary N) is 1. The number of carbonyl (C=O) groups excluding carboxylic acids is 1. The number of methoxy groups -OCH3 is 1. The van der Waals surface area contributed by atoms with E-state index in [4.69, 9.17) is 4.74 Å². The van der Waals surface area contributed by atoms with E-state index >= 15 is 0 Å². The lowest BCUT2D eigenvalue weighted by molar-refractivity contribution is -0.139. The van der Waals surface area contributed by atoms with Gasteiger partial charge in [-0.15, -0.1) is 0 Å². The maximum absolute atomic E-state index is 12.6. The second-order valence-electron chi connectivity index (χ2n) is 6.24. The van der Waals surface area contributed by atoms with E-state index in [1.54, 1.807) is 7.11 Å². The Morgan fingerprint density at radius 1 is 1.33 bits per heavy atom. The van der Waals surface area contributed by atoms with E-state index in [1.165, 1.54) is 6.42 Å². The molecule has 0 aromatic rings. The summed E-state index contributed by atoms with van der Waals surface area (Å²) in [6, 6.07) is -0.00894. The predicted molar refractivity (Wildman–Crippen MR) is 71.4 cm³/mol. The predicted octanol–water partition coefficient (Wildman–Crippen LogP) is 1.40. The molecule has 2 aliphatic rings. The summed E-state index contributed by atoms with van der Waals surface area (Å²) in [4.78, 5) is 14.6. The van der Waals surface area contributed by atoms with E-state index in [0.717, 1.165) is 38.9 Å². The number of ether oxygens (including phenoxy) is 1. The Kier molecular flexibility index (Phi) is 4.28. The van der Waals surface area contributed by atoms with Crippen molar-refractivity contribution in [2.24, 2.45) is 5.41 Å². The highest BCUT2D eigenvalue weighted by Crippen LogP contribution is 2.31. The average molecular weight is 254 g/mol. The van der Waals surface area contributed by atoms with Gasteiger partial charge in [-0.3, -0.25) is 4.79 Å². The highest BCUT2D eigenvalue weighted by molar-refractivity contribution is 5.83. The smallest absolute Gasteiger partial charge is 0.240 e. The van der Waals surface area contributed by atoms with Crippen molar-refractivity contribution in [2.75, 3.05) is 26.7 Å². The number of amides is 1. The molecule has 104 valence electrons. The third-order valence-electron chi connectivity index (χ3n) is 4.46. The number of rotatable bonds is 2. The minimum absolute atomic E-state index is 0.00894. The van der Waals surface area contributed by atoms with Crippen LogP contribution in [-0.2, 0) is 9.53 Å². The largest absolute Gasteiger partial charge is 0.381 e. The quantitative estimate of drug-likeness (QED) is 0.810. The van der Waals surface area contributed by atoms with Crippen molar-refractivity contribution in [2.45, 2.75) is 51.7 Å². The van der Waals surface area contributed by atoms with Crippen LogP contribution in [0.1, 0.15) is 39.5 Å². The van der Waals surface area contributed by atoms with Gasteiger partial charge in [-0.25, -0.2) is 0 Å². The first-order chi connectivity index (χ1) is 8.54. The highest BCUT2D eigenvalue weighted by atomic mass is 16.5. The molecule has 1 amide bonds. The molecule has 0 radical (unpaired) electrons. The van der Waals surface area contributed by atoms with Crippen LogP contribution in [0.5, 0.6) is 0 Å². The van der Waals surface area contributed by atoms with Crippen LogP contribution in [0.4, 0.5) is 0 Å². The molecule has 0 spiro atoms. The fourth-order valence-electron chi connectivity index (χ4n) is 3.13. The zero-order chi connectivity index (χ0) is 13.2. The summed E-state index contributed by atoms with van der Waals surface area (Å²) < 4.78 is 5.35. The fraction of sp³-hybridized carbons (Fsp3) is 0.929. The Morgan fingerprint density at radius 2 is 2.00 bits per heavy atom. The first-order valence-corrected chi connectivity index (χ1v) is 7.09. The van der Waals surface area contributed by atoms with Crippen molar-refractivity contribution in [1.82, 2.24) is 10.2 Å². The average Bonchev–Trinajstić information content (AvgIpc) is 2.37. The van der Waals surface area contributed by atoms with Gasteiger partial charge in [0, 0.05) is 20.2 Å². The van der Waals surface area contributed by atoms with E-state index in [-0.39, 0.29) is 17.4 Å². The minimum Gasteiger partial charge on any atom is -0.381 e. The van der Waals surface area contributed by atoms with Gasteiger partial charge in [-0.1, -0.05) is 13.8 Å². The number of hydrogen-bond donors (Lipinski definition) is 1. The molecule has 18 heavy (non-hydrogen) atoms. The summed E-state index contributed by atoms with van der Waals surface area (Å²) in [6.45, 7) is 7.04. The van der Waals surface area contributed by atoms with Gasteiger partial charge < -0.3 is 15.0 Å². The van der Waals surface area contributed by atoms with Gasteiger partial charge in [0.25, 0.3) is 0 Å². The van der Waals surface area contributed by atoms with Gasteiger partial charge in [0.2, 0.25) is 5.91 Å². The fourth-order valence-corrected chi connectivity index (χ4v) is 3.13. The van der Waals surface area contributed by atoms with E-state index in [2.05, 4.69) is 19.2 Å². The normalized spacial score (nSPS) is 29.3. The molecule has 0 saturated carbocycles. The second-order valence-corrected chi connectivity index (χ2v) is 6.24. The summed E-state index contributed by atoms with van der Waals surface area (Å²) in [5, 5.41) is 3.41. The van der Waals surface area contributed by atoms with Crippen molar-refractivity contribution in [1.29, 1.82) is 0 Å². The van der Waals surface area contributed by atoms with Crippen LogP contribution in [0, 0.1) is 5.41 Å². The molecule has 2 heterocycles. The molecule has 0 bridgehead atoms. The van der Waals surface area contributed by atoms with Crippen LogP contribution >= 0.6 is 0 Å². The van der Waals surface area contributed by atoms with Crippen LogP contribution in [0.15, 0.2) is 0 Å². The van der Waals surface area contributed by atoms with Crippen molar-refractivity contribution >= 4 is 5.91 Å². The number of hydrogen-bond acceptors (Lipinski definition) is 3. The van der Waals surface area contributed by atoms with Crippen LogP contribution in [0.2, 0.25) is 0 Å². The highest BCUT2D eigenvalue weighted by Gasteiger charge is 2.39. The summed E-state index contributed by atoms with van der Waals surface area (Å²) in [5.41, 5.74) is 0.0768. The lowest BCUT2D eigenvalue weighted by Gasteiger charge is -2.42. The molecule has 2 fully saturated rings. The molecular weight excluding hydrogens is 228 g/mol. The Morgan fingerprint density at radius 3 is 2.56 bits per heavy atom. The van der Waals surface area contributed by atoms with Gasteiger partial charge in [-0.2, -0.15) is 0 Å². The van der Waals surface area contributed by atoms with Crippen molar-refractivity contribution in [3.8, 4) is 0 Å². The number of likely N-dealkylation sites (tertiary alicyclic amines) is 1. The molecule has 0 aromatic heterocycles. The van der Waals surface area contributed by atoms with Gasteiger partial charge >= 0.3 is 0 Å². The third kappa shape index (κ3) is 2.86. The zero-order valence-electron chi connectivity index (χ0n) is 11.9. The number of piperidine rings is 2. The third-order valence-corrected chi connectivity index (χ3v) is 4.46. The van der Waals surface area contributed by atoms with Crippen LogP contribution in [0.3, 0.4) is 0 Å². The summed E-state index contributed by atoms with van der Waals surface area (Å²) in [5.74, 6) is 0.286. The summed E-state index contributed by atoms with van der Waals surface area (Å²) in [6.07, 6.45) is 4.57. The molecule has 1 unspecified atom stereocenters. The van der Waals surface area contributed by atoms with Gasteiger partial charge in [0.1, 0.15) is 0 Å². The topological polar surface area (TPSA) is 41.6 Å². The number of carbonyl (C=O) groups is 1. The molecule has 0 aliphatic carbocycles. The Hall–Kier alpha value is -0.610. The molecule has 2 saturated heterocycles. The van der Waals surface area contributed by atoms with Gasteiger partial charge in [-0.05, 0) is 37.6 Å². The molecule has 1 N–H and O–H groups in total. The van der Waals surface area contributed by atoms with Crippen LogP contribution in [-0.4, -0.2) is 49.7 Å². The van der Waals surface area contributed by atoms with Crippen molar-refractivity contribution in [3.05, 3.63) is 0 Å². The van der Waals surface area contributed by atoms with Gasteiger partial charge in [0.05, 0.1) is 12.1 Å². The lowest BCUT2D eigenvalue weighted by Crippen LogP contribution is -2.57. The number of nitrogens with zero attached hydrogens (tertiary/aromatic N) is 1. The molecule has 0 aromatic carbocycles. The first kappa shape index (κ1) is 13.8. The molecule has 1 atom stereocenters. The minimum atomic E-state index is -0.00894. The van der Waals surface area contributed by atoms with Gasteiger partial charge in [0.15, 0.2) is 0 Å². The van der Waals surface area contributed by atoms with Crippen LogP contribution in [0.25, 0.3) is 0 Å². The summed E-state index contributed by atoms with van der Waals surface area (Å²) in [7, 11) is 1.76. The van der Waals surface area contributed by atoms with Crippen molar-refractivity contribution < 1.29 is 9.53 Å². The van der Waals surface area contributed by atoms with Crippen LogP contribution < -0.4 is 5.32 Å². The van der Waals surface area contributed by atoms with E-state index in [0.29, 0.717) is 6.10 Å². The molecule has 4 nitrogen and oxygen atoms in total. The first-order valence-electron chi connectivity index (χ1n) is 7.09. The lowest BCUT2D eigenvalue weighted by atomic mass is 9.77. The van der Waals surface area contributed by atoms with Crippen molar-refractivity contribution in [3.63, 3.8) is 0 Å². The Labute approximate surface area is 110 Å². The molecule has 2 rings (SSSR count). The molecule has 4 heteroatoms. The monoisotopic (exact) mass is 254 g/mol. The SMILES string of the molecule is COC1CCN(C(=O)C2NCCCC2(C)C)CC1. The van der Waals surface area contributed by atoms with E-state index in [9.17, 15) is 4.79 Å². The van der Waals surface area contributed by atoms with E-state index < -0.39 is 0 Å². The second kappa shape index (κ2) is 5.57. The zero-order valence-corrected chi connectivity index (χ0v) is 11.9. The Balaban J connectivity index is 1.95.